The van der Waals surface area contributed by atoms with Gasteiger partial charge in [-0.05, 0) is 55.0 Å². The van der Waals surface area contributed by atoms with Gasteiger partial charge in [0.05, 0.1) is 4.90 Å². The fourth-order valence-corrected chi connectivity index (χ4v) is 4.59. The Kier molecular flexibility index (Phi) is 5.31. The Bertz CT molecular complexity index is 752. The maximum atomic E-state index is 12.6. The molecule has 0 unspecified atom stereocenters. The number of hydrogen-bond acceptors (Lipinski definition) is 3. The second kappa shape index (κ2) is 7.45. The molecule has 1 atom stereocenters. The summed E-state index contributed by atoms with van der Waals surface area (Å²) in [5.41, 5.74) is 2.11. The average molecular weight is 344 g/mol. The van der Waals surface area contributed by atoms with E-state index < -0.39 is 10.0 Å². The second-order valence-corrected chi connectivity index (χ2v) is 8.25. The van der Waals surface area contributed by atoms with Crippen molar-refractivity contribution >= 4 is 10.0 Å². The number of nitrogens with zero attached hydrogens (tertiary/aromatic N) is 1. The van der Waals surface area contributed by atoms with Crippen LogP contribution in [0.1, 0.15) is 62.1 Å². The van der Waals surface area contributed by atoms with Gasteiger partial charge in [0, 0.05) is 18.4 Å². The van der Waals surface area contributed by atoms with Gasteiger partial charge in [-0.15, -0.1) is 0 Å². The summed E-state index contributed by atoms with van der Waals surface area (Å²) in [6.07, 6.45) is 9.64. The predicted octanol–water partition coefficient (Wildman–Crippen LogP) is 4.17. The number of hydrogen-bond donors (Lipinski definition) is 1. The summed E-state index contributed by atoms with van der Waals surface area (Å²) < 4.78 is 27.9. The molecule has 1 aromatic carbocycles. The Balaban J connectivity index is 1.72. The van der Waals surface area contributed by atoms with E-state index in [0.29, 0.717) is 10.8 Å². The van der Waals surface area contributed by atoms with Crippen molar-refractivity contribution in [2.75, 3.05) is 0 Å². The third-order valence-electron chi connectivity index (χ3n) is 4.78. The summed E-state index contributed by atoms with van der Waals surface area (Å²) in [6.45, 7) is 1.82. The van der Waals surface area contributed by atoms with Crippen LogP contribution in [-0.2, 0) is 10.0 Å². The fraction of sp³-hybridized carbons (Fsp3) is 0.421. The van der Waals surface area contributed by atoms with Crippen molar-refractivity contribution in [1.29, 1.82) is 0 Å². The predicted molar refractivity (Wildman–Crippen MR) is 95.2 cm³/mol. The highest BCUT2D eigenvalue weighted by atomic mass is 32.2. The molecule has 1 aliphatic carbocycles. The van der Waals surface area contributed by atoms with Crippen LogP contribution in [0.4, 0.5) is 0 Å². The Morgan fingerprint density at radius 1 is 1.08 bits per heavy atom. The van der Waals surface area contributed by atoms with E-state index >= 15 is 0 Å². The van der Waals surface area contributed by atoms with Crippen LogP contribution < -0.4 is 4.72 Å². The molecule has 1 N–H and O–H groups in total. The third kappa shape index (κ3) is 4.02. The number of nitrogens with one attached hydrogen (secondary N) is 1. The molecule has 128 valence electrons. The van der Waals surface area contributed by atoms with Crippen LogP contribution in [0, 0.1) is 0 Å². The van der Waals surface area contributed by atoms with Gasteiger partial charge in [-0.1, -0.05) is 37.5 Å². The second-order valence-electron chi connectivity index (χ2n) is 6.53. The number of aromatic nitrogens is 1. The fourth-order valence-electron chi connectivity index (χ4n) is 3.36. The van der Waals surface area contributed by atoms with E-state index in [-0.39, 0.29) is 6.04 Å². The molecule has 0 radical (unpaired) electrons. The molecule has 2 aromatic rings. The molecular formula is C19H24N2O2S. The van der Waals surface area contributed by atoms with Crippen molar-refractivity contribution < 1.29 is 8.42 Å². The number of pyridine rings is 1. The largest absolute Gasteiger partial charge is 0.264 e. The van der Waals surface area contributed by atoms with E-state index in [1.54, 1.807) is 30.6 Å². The SMILES string of the molecule is C[C@@H](NS(=O)(=O)c1ccc(C2CCCCC2)cc1)c1cccnc1. The molecule has 0 aliphatic heterocycles. The average Bonchev–Trinajstić information content (AvgIpc) is 2.63. The number of sulfonamides is 1. The van der Waals surface area contributed by atoms with E-state index in [1.807, 2.05) is 25.1 Å². The quantitative estimate of drug-likeness (QED) is 0.885. The molecule has 24 heavy (non-hydrogen) atoms. The first-order valence-corrected chi connectivity index (χ1v) is 10.1. The van der Waals surface area contributed by atoms with Gasteiger partial charge >= 0.3 is 0 Å². The van der Waals surface area contributed by atoms with Crippen LogP contribution in [0.5, 0.6) is 0 Å². The Morgan fingerprint density at radius 3 is 2.42 bits per heavy atom. The molecule has 3 rings (SSSR count). The first-order chi connectivity index (χ1) is 11.6. The maximum Gasteiger partial charge on any atom is 0.241 e. The molecule has 4 nitrogen and oxygen atoms in total. The zero-order valence-electron chi connectivity index (χ0n) is 14.0. The normalized spacial score (nSPS) is 17.5. The summed E-state index contributed by atoms with van der Waals surface area (Å²) in [7, 11) is -3.53. The molecule has 0 amide bonds. The van der Waals surface area contributed by atoms with Crippen molar-refractivity contribution in [3.63, 3.8) is 0 Å². The molecular weight excluding hydrogens is 320 g/mol. The number of rotatable bonds is 5. The van der Waals surface area contributed by atoms with Gasteiger partial charge in [-0.25, -0.2) is 13.1 Å². The molecule has 1 heterocycles. The highest BCUT2D eigenvalue weighted by Crippen LogP contribution is 2.33. The smallest absolute Gasteiger partial charge is 0.241 e. The molecule has 0 spiro atoms. The Morgan fingerprint density at radius 2 is 1.79 bits per heavy atom. The monoisotopic (exact) mass is 344 g/mol. The van der Waals surface area contributed by atoms with Gasteiger partial charge in [-0.2, -0.15) is 0 Å². The van der Waals surface area contributed by atoms with E-state index in [2.05, 4.69) is 9.71 Å². The van der Waals surface area contributed by atoms with Gasteiger partial charge in [-0.3, -0.25) is 4.98 Å². The third-order valence-corrected chi connectivity index (χ3v) is 6.34. The van der Waals surface area contributed by atoms with E-state index in [0.717, 1.165) is 5.56 Å². The molecule has 0 saturated heterocycles. The lowest BCUT2D eigenvalue weighted by Gasteiger charge is -2.22. The first-order valence-electron chi connectivity index (χ1n) is 8.58. The minimum Gasteiger partial charge on any atom is -0.264 e. The highest BCUT2D eigenvalue weighted by Gasteiger charge is 2.20. The van der Waals surface area contributed by atoms with Crippen molar-refractivity contribution in [2.45, 2.75) is 55.9 Å². The highest BCUT2D eigenvalue weighted by molar-refractivity contribution is 7.89. The lowest BCUT2D eigenvalue weighted by atomic mass is 9.84. The summed E-state index contributed by atoms with van der Waals surface area (Å²) in [4.78, 5) is 4.35. The number of benzene rings is 1. The molecule has 1 saturated carbocycles. The van der Waals surface area contributed by atoms with Crippen LogP contribution in [0.3, 0.4) is 0 Å². The maximum absolute atomic E-state index is 12.6. The minimum absolute atomic E-state index is 0.317. The molecule has 1 aliphatic rings. The summed E-state index contributed by atoms with van der Waals surface area (Å²) in [5.74, 6) is 0.581. The van der Waals surface area contributed by atoms with Crippen LogP contribution >= 0.6 is 0 Å². The summed E-state index contributed by atoms with van der Waals surface area (Å²) >= 11 is 0. The van der Waals surface area contributed by atoms with Gasteiger partial charge in [0.2, 0.25) is 10.0 Å². The van der Waals surface area contributed by atoms with Crippen LogP contribution in [-0.4, -0.2) is 13.4 Å². The Hall–Kier alpha value is -1.72. The topological polar surface area (TPSA) is 59.1 Å². The standard InChI is InChI=1S/C19H24N2O2S/c1-15(18-8-5-13-20-14-18)21-24(22,23)19-11-9-17(10-12-19)16-6-3-2-4-7-16/h5,8-16,21H,2-4,6-7H2,1H3/t15-/m1/s1. The van der Waals surface area contributed by atoms with Gasteiger partial charge in [0.15, 0.2) is 0 Å². The molecule has 1 aromatic heterocycles. The molecule has 1 fully saturated rings. The summed E-state index contributed by atoms with van der Waals surface area (Å²) in [6, 6.07) is 10.7. The van der Waals surface area contributed by atoms with Crippen molar-refractivity contribution in [2.24, 2.45) is 0 Å². The van der Waals surface area contributed by atoms with Crippen molar-refractivity contribution in [3.05, 3.63) is 59.9 Å². The van der Waals surface area contributed by atoms with E-state index in [9.17, 15) is 8.42 Å². The first kappa shape index (κ1) is 17.1. The zero-order valence-corrected chi connectivity index (χ0v) is 14.8. The molecule has 5 heteroatoms. The molecule has 0 bridgehead atoms. The summed E-state index contributed by atoms with van der Waals surface area (Å²) in [5, 5.41) is 0. The van der Waals surface area contributed by atoms with Crippen LogP contribution in [0.2, 0.25) is 0 Å². The van der Waals surface area contributed by atoms with Gasteiger partial charge < -0.3 is 0 Å². The van der Waals surface area contributed by atoms with E-state index in [4.69, 9.17) is 0 Å². The van der Waals surface area contributed by atoms with Crippen molar-refractivity contribution in [3.8, 4) is 0 Å². The van der Waals surface area contributed by atoms with Gasteiger partial charge in [0.25, 0.3) is 0 Å². The van der Waals surface area contributed by atoms with E-state index in [1.165, 1.54) is 37.7 Å². The lowest BCUT2D eigenvalue weighted by Crippen LogP contribution is -2.27. The van der Waals surface area contributed by atoms with Gasteiger partial charge in [0.1, 0.15) is 0 Å². The van der Waals surface area contributed by atoms with Crippen LogP contribution in [0.15, 0.2) is 53.7 Å². The lowest BCUT2D eigenvalue weighted by molar-refractivity contribution is 0.443. The Labute approximate surface area is 144 Å². The minimum atomic E-state index is -3.53. The van der Waals surface area contributed by atoms with Crippen LogP contribution in [0.25, 0.3) is 0 Å². The zero-order chi connectivity index (χ0) is 17.0. The van der Waals surface area contributed by atoms with Crippen molar-refractivity contribution in [1.82, 2.24) is 9.71 Å².